The molecule has 0 unspecified atom stereocenters. The first-order chi connectivity index (χ1) is 10.5. The molecule has 7 heteroatoms. The van der Waals surface area contributed by atoms with E-state index in [1.807, 2.05) is 13.8 Å². The van der Waals surface area contributed by atoms with Crippen molar-refractivity contribution in [3.63, 3.8) is 0 Å². The molecule has 124 valence electrons. The molecule has 22 heavy (non-hydrogen) atoms. The molecule has 1 atom stereocenters. The summed E-state index contributed by atoms with van der Waals surface area (Å²) >= 11 is 1.25. The number of rotatable bonds is 6. The van der Waals surface area contributed by atoms with Crippen LogP contribution in [0.2, 0.25) is 0 Å². The SMILES string of the molecule is CCCNC(=O)[C@H](C)C1CCN(S(=O)(=O)c2cccs2)CC1. The number of hydrogen-bond acceptors (Lipinski definition) is 4. The predicted octanol–water partition coefficient (Wildman–Crippen LogP) is 2.31. The van der Waals surface area contributed by atoms with Crippen molar-refractivity contribution in [1.82, 2.24) is 9.62 Å². The summed E-state index contributed by atoms with van der Waals surface area (Å²) < 4.78 is 26.9. The van der Waals surface area contributed by atoms with Gasteiger partial charge in [0.25, 0.3) is 10.0 Å². The molecule has 5 nitrogen and oxygen atoms in total. The van der Waals surface area contributed by atoms with Crippen LogP contribution in [0.15, 0.2) is 21.7 Å². The number of sulfonamides is 1. The first-order valence-electron chi connectivity index (χ1n) is 7.78. The van der Waals surface area contributed by atoms with Crippen molar-refractivity contribution in [3.05, 3.63) is 17.5 Å². The molecule has 1 N–H and O–H groups in total. The number of carbonyl (C=O) groups is 1. The number of nitrogens with zero attached hydrogens (tertiary/aromatic N) is 1. The van der Waals surface area contributed by atoms with Gasteiger partial charge in [0.2, 0.25) is 5.91 Å². The van der Waals surface area contributed by atoms with Gasteiger partial charge in [-0.1, -0.05) is 19.9 Å². The molecule has 0 bridgehead atoms. The van der Waals surface area contributed by atoms with Crippen LogP contribution in [-0.2, 0) is 14.8 Å². The number of carbonyl (C=O) groups excluding carboxylic acids is 1. The highest BCUT2D eigenvalue weighted by molar-refractivity contribution is 7.91. The summed E-state index contributed by atoms with van der Waals surface area (Å²) in [7, 11) is -3.35. The summed E-state index contributed by atoms with van der Waals surface area (Å²) in [5.41, 5.74) is 0. The minimum atomic E-state index is -3.35. The molecule has 1 aliphatic rings. The fourth-order valence-corrected chi connectivity index (χ4v) is 5.39. The Labute approximate surface area is 136 Å². The maximum Gasteiger partial charge on any atom is 0.252 e. The number of amides is 1. The van der Waals surface area contributed by atoms with Crippen LogP contribution in [0.25, 0.3) is 0 Å². The Morgan fingerprint density at radius 1 is 1.45 bits per heavy atom. The molecule has 0 saturated carbocycles. The van der Waals surface area contributed by atoms with Crippen molar-refractivity contribution in [2.45, 2.75) is 37.3 Å². The molecule has 1 aliphatic heterocycles. The van der Waals surface area contributed by atoms with Gasteiger partial charge >= 0.3 is 0 Å². The maximum absolute atomic E-state index is 12.5. The van der Waals surface area contributed by atoms with E-state index in [-0.39, 0.29) is 17.7 Å². The van der Waals surface area contributed by atoms with E-state index >= 15 is 0 Å². The summed E-state index contributed by atoms with van der Waals surface area (Å²) in [5.74, 6) is 0.284. The van der Waals surface area contributed by atoms with Crippen LogP contribution in [0.1, 0.15) is 33.1 Å². The highest BCUT2D eigenvalue weighted by atomic mass is 32.2. The van der Waals surface area contributed by atoms with E-state index in [1.54, 1.807) is 21.8 Å². The monoisotopic (exact) mass is 344 g/mol. The van der Waals surface area contributed by atoms with E-state index in [2.05, 4.69) is 5.32 Å². The van der Waals surface area contributed by atoms with Crippen molar-refractivity contribution in [2.75, 3.05) is 19.6 Å². The third-order valence-corrected chi connectivity index (χ3v) is 7.53. The lowest BCUT2D eigenvalue weighted by atomic mass is 9.85. The number of hydrogen-bond donors (Lipinski definition) is 1. The topological polar surface area (TPSA) is 66.5 Å². The summed E-state index contributed by atoms with van der Waals surface area (Å²) in [5, 5.41) is 4.70. The average Bonchev–Trinajstić information content (AvgIpc) is 3.07. The molecule has 1 amide bonds. The molecule has 0 aromatic carbocycles. The number of thiophene rings is 1. The number of nitrogens with one attached hydrogen (secondary N) is 1. The normalized spacial score (nSPS) is 19.0. The molecule has 2 rings (SSSR count). The van der Waals surface area contributed by atoms with Crippen LogP contribution in [0.3, 0.4) is 0 Å². The zero-order chi connectivity index (χ0) is 16.2. The van der Waals surface area contributed by atoms with E-state index in [9.17, 15) is 13.2 Å². The Morgan fingerprint density at radius 3 is 2.68 bits per heavy atom. The van der Waals surface area contributed by atoms with Crippen LogP contribution < -0.4 is 5.32 Å². The lowest BCUT2D eigenvalue weighted by molar-refractivity contribution is -0.126. The molecular formula is C15H24N2O3S2. The zero-order valence-electron chi connectivity index (χ0n) is 13.1. The molecule has 1 fully saturated rings. The zero-order valence-corrected chi connectivity index (χ0v) is 14.8. The van der Waals surface area contributed by atoms with Crippen LogP contribution in [0.5, 0.6) is 0 Å². The van der Waals surface area contributed by atoms with Gasteiger partial charge in [0.05, 0.1) is 0 Å². The molecule has 0 radical (unpaired) electrons. The fraction of sp³-hybridized carbons (Fsp3) is 0.667. The summed E-state index contributed by atoms with van der Waals surface area (Å²) in [6.07, 6.45) is 2.41. The van der Waals surface area contributed by atoms with Crippen molar-refractivity contribution < 1.29 is 13.2 Å². The number of piperidine rings is 1. The van der Waals surface area contributed by atoms with Gasteiger partial charge in [0.1, 0.15) is 4.21 Å². The average molecular weight is 345 g/mol. The van der Waals surface area contributed by atoms with Crippen LogP contribution in [0.4, 0.5) is 0 Å². The van der Waals surface area contributed by atoms with Gasteiger partial charge in [-0.15, -0.1) is 11.3 Å². The first kappa shape index (κ1) is 17.4. The highest BCUT2D eigenvalue weighted by Gasteiger charge is 2.33. The second-order valence-electron chi connectivity index (χ2n) is 5.75. The lowest BCUT2D eigenvalue weighted by Gasteiger charge is -2.33. The lowest BCUT2D eigenvalue weighted by Crippen LogP contribution is -2.42. The van der Waals surface area contributed by atoms with Crippen LogP contribution in [-0.4, -0.2) is 38.3 Å². The van der Waals surface area contributed by atoms with E-state index < -0.39 is 10.0 Å². The Hall–Kier alpha value is -0.920. The maximum atomic E-state index is 12.5. The third kappa shape index (κ3) is 3.88. The summed E-state index contributed by atoms with van der Waals surface area (Å²) in [4.78, 5) is 12.0. The van der Waals surface area contributed by atoms with Crippen molar-refractivity contribution in [2.24, 2.45) is 11.8 Å². The molecule has 0 aliphatic carbocycles. The van der Waals surface area contributed by atoms with Gasteiger partial charge in [-0.3, -0.25) is 4.79 Å². The van der Waals surface area contributed by atoms with Crippen LogP contribution >= 0.6 is 11.3 Å². The minimum Gasteiger partial charge on any atom is -0.356 e. The van der Waals surface area contributed by atoms with Gasteiger partial charge in [-0.05, 0) is 36.6 Å². The van der Waals surface area contributed by atoms with E-state index in [0.29, 0.717) is 23.8 Å². The molecule has 1 aromatic heterocycles. The van der Waals surface area contributed by atoms with Crippen LogP contribution in [0, 0.1) is 11.8 Å². The van der Waals surface area contributed by atoms with E-state index in [4.69, 9.17) is 0 Å². The van der Waals surface area contributed by atoms with Crippen molar-refractivity contribution in [3.8, 4) is 0 Å². The van der Waals surface area contributed by atoms with Crippen molar-refractivity contribution in [1.29, 1.82) is 0 Å². The van der Waals surface area contributed by atoms with Gasteiger partial charge in [0.15, 0.2) is 0 Å². The minimum absolute atomic E-state index is 0.0573. The van der Waals surface area contributed by atoms with Gasteiger partial charge in [0, 0.05) is 25.6 Å². The smallest absolute Gasteiger partial charge is 0.252 e. The van der Waals surface area contributed by atoms with E-state index in [0.717, 1.165) is 19.3 Å². The first-order valence-corrected chi connectivity index (χ1v) is 10.1. The van der Waals surface area contributed by atoms with E-state index in [1.165, 1.54) is 11.3 Å². The Balaban J connectivity index is 1.92. The second-order valence-corrected chi connectivity index (χ2v) is 8.87. The highest BCUT2D eigenvalue weighted by Crippen LogP contribution is 2.29. The largest absolute Gasteiger partial charge is 0.356 e. The molecule has 1 aromatic rings. The van der Waals surface area contributed by atoms with Crippen molar-refractivity contribution >= 4 is 27.3 Å². The Morgan fingerprint density at radius 2 is 2.14 bits per heavy atom. The Bertz CT molecular complexity index is 576. The fourth-order valence-electron chi connectivity index (χ4n) is 2.78. The van der Waals surface area contributed by atoms with Gasteiger partial charge in [-0.2, -0.15) is 4.31 Å². The summed E-state index contributed by atoms with van der Waals surface area (Å²) in [6, 6.07) is 3.40. The molecular weight excluding hydrogens is 320 g/mol. The molecule has 2 heterocycles. The summed E-state index contributed by atoms with van der Waals surface area (Å²) in [6.45, 7) is 5.67. The predicted molar refractivity (Wildman–Crippen MR) is 88.3 cm³/mol. The standard InChI is InChI=1S/C15H24N2O3S2/c1-3-8-16-15(18)12(2)13-6-9-17(10-7-13)22(19,20)14-5-4-11-21-14/h4-5,11-13H,3,6-10H2,1-2H3,(H,16,18)/t12-/m1/s1. The third-order valence-electron chi connectivity index (χ3n) is 4.26. The quantitative estimate of drug-likeness (QED) is 0.861. The molecule has 1 saturated heterocycles. The molecule has 0 spiro atoms. The van der Waals surface area contributed by atoms with Gasteiger partial charge in [-0.25, -0.2) is 8.42 Å². The second kappa shape index (κ2) is 7.57. The van der Waals surface area contributed by atoms with Gasteiger partial charge < -0.3 is 5.32 Å². The Kier molecular flexibility index (Phi) is 6.00.